The van der Waals surface area contributed by atoms with Gasteiger partial charge in [-0.1, -0.05) is 44.2 Å². The first-order chi connectivity index (χ1) is 15.8. The van der Waals surface area contributed by atoms with E-state index in [2.05, 4.69) is 26.3 Å². The smallest absolute Gasteiger partial charge is 0.408 e. The fourth-order valence-corrected chi connectivity index (χ4v) is 3.36. The van der Waals surface area contributed by atoms with E-state index in [4.69, 9.17) is 9.26 Å². The van der Waals surface area contributed by atoms with Crippen molar-refractivity contribution in [3.63, 3.8) is 0 Å². The summed E-state index contributed by atoms with van der Waals surface area (Å²) in [5.74, 6) is -2.05. The molecule has 0 saturated carbocycles. The normalized spacial score (nSPS) is 17.5. The molecule has 33 heavy (non-hydrogen) atoms. The van der Waals surface area contributed by atoms with E-state index in [1.54, 1.807) is 13.8 Å². The van der Waals surface area contributed by atoms with Crippen LogP contribution in [-0.4, -0.2) is 52.7 Å². The first-order valence-electron chi connectivity index (χ1n) is 10.7. The van der Waals surface area contributed by atoms with E-state index in [-0.39, 0.29) is 25.5 Å². The molecule has 1 aromatic heterocycles. The third-order valence-corrected chi connectivity index (χ3v) is 5.19. The fraction of sp³-hybridized carbons (Fsp3) is 0.455. The standard InChI is InChI=1S/C22H27N5O6/c1-13(2)18(25-22(31)32-12-14-7-4-3-5-8-14)20(29)24-16-11-15-17(33-27-26-15)9-6-10-23-21(30)19(16)28/h3-5,7-8,13,16,18H,6,9-12H2,1-2H3,(H,23,30)(H,24,29)(H,25,31). The van der Waals surface area contributed by atoms with Crippen molar-refractivity contribution in [3.05, 3.63) is 47.3 Å². The van der Waals surface area contributed by atoms with Crippen molar-refractivity contribution < 1.29 is 28.4 Å². The van der Waals surface area contributed by atoms with Crippen LogP contribution in [-0.2, 0) is 38.6 Å². The van der Waals surface area contributed by atoms with Crippen LogP contribution in [0.25, 0.3) is 0 Å². The molecule has 11 nitrogen and oxygen atoms in total. The molecule has 0 fully saturated rings. The summed E-state index contributed by atoms with van der Waals surface area (Å²) in [5.41, 5.74) is 1.20. The predicted octanol–water partition coefficient (Wildman–Crippen LogP) is 0.679. The van der Waals surface area contributed by atoms with E-state index in [1.165, 1.54) is 0 Å². The Kier molecular flexibility index (Phi) is 8.11. The quantitative estimate of drug-likeness (QED) is 0.536. The highest BCUT2D eigenvalue weighted by Gasteiger charge is 2.33. The van der Waals surface area contributed by atoms with Crippen molar-refractivity contribution in [2.45, 2.75) is 51.8 Å². The van der Waals surface area contributed by atoms with Crippen LogP contribution in [0, 0.1) is 5.92 Å². The van der Waals surface area contributed by atoms with Crippen molar-refractivity contribution in [1.82, 2.24) is 26.3 Å². The zero-order valence-electron chi connectivity index (χ0n) is 18.5. The first-order valence-corrected chi connectivity index (χ1v) is 10.7. The number of benzene rings is 1. The number of ether oxygens (including phenoxy) is 1. The molecule has 3 N–H and O–H groups in total. The minimum Gasteiger partial charge on any atom is -0.445 e. The summed E-state index contributed by atoms with van der Waals surface area (Å²) in [7, 11) is 0. The molecule has 11 heteroatoms. The third-order valence-electron chi connectivity index (χ3n) is 5.19. The zero-order chi connectivity index (χ0) is 23.8. The van der Waals surface area contributed by atoms with Crippen LogP contribution >= 0.6 is 0 Å². The maximum atomic E-state index is 13.0. The number of carbonyl (C=O) groups is 4. The number of hydrogen-bond acceptors (Lipinski definition) is 8. The molecule has 1 aliphatic heterocycles. The number of rotatable bonds is 6. The Morgan fingerprint density at radius 2 is 2.00 bits per heavy atom. The molecule has 1 aliphatic rings. The van der Waals surface area contributed by atoms with Crippen molar-refractivity contribution in [1.29, 1.82) is 0 Å². The summed E-state index contributed by atoms with van der Waals surface area (Å²) in [6.45, 7) is 3.80. The van der Waals surface area contributed by atoms with Crippen molar-refractivity contribution >= 4 is 23.7 Å². The minimum atomic E-state index is -1.19. The second-order valence-electron chi connectivity index (χ2n) is 8.06. The van der Waals surface area contributed by atoms with Gasteiger partial charge in [-0.2, -0.15) is 0 Å². The number of fused-ring (bicyclic) bond motifs is 1. The number of nitrogens with zero attached hydrogens (tertiary/aromatic N) is 2. The second-order valence-corrected chi connectivity index (χ2v) is 8.06. The molecule has 2 heterocycles. The number of hydrogen-bond donors (Lipinski definition) is 3. The molecule has 1 aromatic carbocycles. The molecule has 0 radical (unpaired) electrons. The lowest BCUT2D eigenvalue weighted by Gasteiger charge is -2.24. The van der Waals surface area contributed by atoms with Gasteiger partial charge in [-0.15, -0.1) is 5.10 Å². The number of aryl methyl sites for hydroxylation is 1. The van der Waals surface area contributed by atoms with Gasteiger partial charge in [0, 0.05) is 24.7 Å². The number of amides is 3. The number of ketones is 1. The summed E-state index contributed by atoms with van der Waals surface area (Å²) < 4.78 is 10.3. The largest absolute Gasteiger partial charge is 0.445 e. The van der Waals surface area contributed by atoms with E-state index >= 15 is 0 Å². The van der Waals surface area contributed by atoms with Crippen LogP contribution in [0.2, 0.25) is 0 Å². The fourth-order valence-electron chi connectivity index (χ4n) is 3.36. The van der Waals surface area contributed by atoms with Gasteiger partial charge in [0.15, 0.2) is 5.76 Å². The van der Waals surface area contributed by atoms with Crippen LogP contribution in [0.15, 0.2) is 34.9 Å². The van der Waals surface area contributed by atoms with Gasteiger partial charge >= 0.3 is 6.09 Å². The molecule has 2 unspecified atom stereocenters. The summed E-state index contributed by atoms with van der Waals surface area (Å²) in [6.07, 6.45) is 0.219. The number of nitrogens with one attached hydrogen (secondary N) is 3. The lowest BCUT2D eigenvalue weighted by molar-refractivity contribution is -0.140. The average Bonchev–Trinajstić information content (AvgIpc) is 3.24. The van der Waals surface area contributed by atoms with Gasteiger partial charge in [0.2, 0.25) is 11.7 Å². The zero-order valence-corrected chi connectivity index (χ0v) is 18.5. The lowest BCUT2D eigenvalue weighted by atomic mass is 9.99. The van der Waals surface area contributed by atoms with Gasteiger partial charge in [0.1, 0.15) is 24.4 Å². The average molecular weight is 457 g/mol. The maximum absolute atomic E-state index is 13.0. The molecule has 176 valence electrons. The van der Waals surface area contributed by atoms with E-state index in [9.17, 15) is 19.2 Å². The second kappa shape index (κ2) is 11.2. The van der Waals surface area contributed by atoms with Gasteiger partial charge in [-0.25, -0.2) is 4.79 Å². The molecule has 0 aliphatic carbocycles. The third kappa shape index (κ3) is 6.61. The summed E-state index contributed by atoms with van der Waals surface area (Å²) in [5, 5.41) is 15.1. The maximum Gasteiger partial charge on any atom is 0.408 e. The summed E-state index contributed by atoms with van der Waals surface area (Å²) in [6, 6.07) is 6.93. The molecule has 2 atom stereocenters. The Bertz CT molecular complexity index is 990. The van der Waals surface area contributed by atoms with Gasteiger partial charge in [-0.05, 0) is 17.9 Å². The predicted molar refractivity (Wildman–Crippen MR) is 115 cm³/mol. The first kappa shape index (κ1) is 23.9. The van der Waals surface area contributed by atoms with Gasteiger partial charge in [0.25, 0.3) is 5.91 Å². The van der Waals surface area contributed by atoms with Crippen LogP contribution in [0.3, 0.4) is 0 Å². The van der Waals surface area contributed by atoms with E-state index in [1.807, 2.05) is 30.3 Å². The number of carbonyl (C=O) groups excluding carboxylic acids is 4. The molecule has 3 rings (SSSR count). The lowest BCUT2D eigenvalue weighted by Crippen LogP contribution is -2.56. The van der Waals surface area contributed by atoms with Gasteiger partial charge in [-0.3, -0.25) is 14.4 Å². The van der Waals surface area contributed by atoms with Crippen molar-refractivity contribution in [2.24, 2.45) is 5.92 Å². The van der Waals surface area contributed by atoms with Crippen molar-refractivity contribution in [3.8, 4) is 0 Å². The highest BCUT2D eigenvalue weighted by Crippen LogP contribution is 2.13. The molecule has 3 amide bonds. The number of aromatic nitrogens is 2. The molecule has 2 aromatic rings. The molecule has 0 bridgehead atoms. The Balaban J connectivity index is 1.67. The van der Waals surface area contributed by atoms with Crippen molar-refractivity contribution in [2.75, 3.05) is 6.54 Å². The van der Waals surface area contributed by atoms with Crippen LogP contribution in [0.5, 0.6) is 0 Å². The van der Waals surface area contributed by atoms with E-state index in [0.29, 0.717) is 24.3 Å². The Hall–Kier alpha value is -3.76. The molecule has 0 spiro atoms. The summed E-state index contributed by atoms with van der Waals surface area (Å²) >= 11 is 0. The van der Waals surface area contributed by atoms with E-state index in [0.717, 1.165) is 5.56 Å². The Morgan fingerprint density at radius 3 is 2.73 bits per heavy atom. The van der Waals surface area contributed by atoms with E-state index < -0.39 is 35.8 Å². The topological polar surface area (TPSA) is 153 Å². The molecular formula is C22H27N5O6. The molecular weight excluding hydrogens is 430 g/mol. The Labute approximate surface area is 190 Å². The van der Waals surface area contributed by atoms with Crippen LogP contribution < -0.4 is 16.0 Å². The number of alkyl carbamates (subject to hydrolysis) is 1. The minimum absolute atomic E-state index is 0.0440. The van der Waals surface area contributed by atoms with Gasteiger partial charge < -0.3 is 25.2 Å². The highest BCUT2D eigenvalue weighted by atomic mass is 16.5. The van der Waals surface area contributed by atoms with Crippen LogP contribution in [0.4, 0.5) is 4.79 Å². The summed E-state index contributed by atoms with van der Waals surface area (Å²) in [4.78, 5) is 50.2. The monoisotopic (exact) mass is 457 g/mol. The number of Topliss-reactive ketones (excluding diaryl/α,β-unsaturated/α-hetero) is 1. The van der Waals surface area contributed by atoms with Gasteiger partial charge in [0.05, 0.1) is 0 Å². The Morgan fingerprint density at radius 1 is 1.24 bits per heavy atom. The highest BCUT2D eigenvalue weighted by molar-refractivity contribution is 6.38. The molecule has 0 saturated heterocycles. The SMILES string of the molecule is CC(C)C(NC(=O)OCc1ccccc1)C(=O)NC1Cc2nnoc2CCCNC(=O)C1=O. The van der Waals surface area contributed by atoms with Crippen LogP contribution in [0.1, 0.15) is 37.3 Å².